The van der Waals surface area contributed by atoms with Crippen molar-refractivity contribution < 1.29 is 0 Å². The van der Waals surface area contributed by atoms with E-state index >= 15 is 0 Å². The molecule has 0 bridgehead atoms. The number of hydrogen-bond acceptors (Lipinski definition) is 3. The average molecular weight is 414 g/mol. The molecule has 3 aromatic rings. The zero-order valence-electron chi connectivity index (χ0n) is 15.7. The second kappa shape index (κ2) is 7.33. The lowest BCUT2D eigenvalue weighted by Crippen LogP contribution is -2.22. The maximum atomic E-state index is 12.3. The van der Waals surface area contributed by atoms with Crippen LogP contribution in [0.5, 0.6) is 0 Å². The molecule has 0 saturated carbocycles. The lowest BCUT2D eigenvalue weighted by Gasteiger charge is -2.20. The molecule has 0 unspecified atom stereocenters. The third kappa shape index (κ3) is 4.40. The standard InChI is InChI=1S/C21H24BrN3O/c1-21(2,3)16-7-5-15(6-8-16)12-24(4)14-18-11-20(26)25-13-17(22)9-10-19(25)23-18/h5-11,13H,12,14H2,1-4H3. The van der Waals surface area contributed by atoms with Crippen molar-refractivity contribution in [2.24, 2.45) is 0 Å². The lowest BCUT2D eigenvalue weighted by molar-refractivity contribution is 0.315. The molecule has 2 aromatic heterocycles. The number of halogens is 1. The summed E-state index contributed by atoms with van der Waals surface area (Å²) >= 11 is 3.38. The van der Waals surface area contributed by atoms with Crippen molar-refractivity contribution in [3.05, 3.63) is 80.3 Å². The Labute approximate surface area is 162 Å². The smallest absolute Gasteiger partial charge is 0.258 e. The summed E-state index contributed by atoms with van der Waals surface area (Å²) in [7, 11) is 2.04. The molecule has 0 atom stereocenters. The summed E-state index contributed by atoms with van der Waals surface area (Å²) in [6.07, 6.45) is 1.74. The fraction of sp³-hybridized carbons (Fsp3) is 0.333. The van der Waals surface area contributed by atoms with E-state index in [1.165, 1.54) is 11.1 Å². The van der Waals surface area contributed by atoms with Crippen LogP contribution in [0.4, 0.5) is 0 Å². The van der Waals surface area contributed by atoms with Crippen LogP contribution in [-0.4, -0.2) is 21.3 Å². The molecule has 0 aliphatic carbocycles. The Balaban J connectivity index is 1.74. The van der Waals surface area contributed by atoms with Gasteiger partial charge in [0.2, 0.25) is 0 Å². The summed E-state index contributed by atoms with van der Waals surface area (Å²) in [4.78, 5) is 19.1. The third-order valence-corrected chi connectivity index (χ3v) is 4.85. The van der Waals surface area contributed by atoms with Crippen molar-refractivity contribution >= 4 is 21.6 Å². The van der Waals surface area contributed by atoms with E-state index in [-0.39, 0.29) is 11.0 Å². The van der Waals surface area contributed by atoms with Gasteiger partial charge in [0, 0.05) is 29.8 Å². The van der Waals surface area contributed by atoms with Gasteiger partial charge in [0.15, 0.2) is 0 Å². The zero-order valence-corrected chi connectivity index (χ0v) is 17.2. The molecule has 5 heteroatoms. The normalized spacial score (nSPS) is 12.1. The van der Waals surface area contributed by atoms with Crippen LogP contribution >= 0.6 is 15.9 Å². The van der Waals surface area contributed by atoms with Crippen LogP contribution in [0.2, 0.25) is 0 Å². The van der Waals surface area contributed by atoms with Crippen molar-refractivity contribution in [3.63, 3.8) is 0 Å². The topological polar surface area (TPSA) is 37.6 Å². The Morgan fingerprint density at radius 1 is 1.08 bits per heavy atom. The van der Waals surface area contributed by atoms with E-state index in [2.05, 4.69) is 70.9 Å². The molecule has 0 aliphatic rings. The van der Waals surface area contributed by atoms with E-state index in [1.54, 1.807) is 16.7 Å². The van der Waals surface area contributed by atoms with Crippen LogP contribution < -0.4 is 5.56 Å². The Hall–Kier alpha value is -1.98. The van der Waals surface area contributed by atoms with E-state index in [0.717, 1.165) is 16.7 Å². The van der Waals surface area contributed by atoms with E-state index in [4.69, 9.17) is 0 Å². The first-order valence-corrected chi connectivity index (χ1v) is 9.47. The lowest BCUT2D eigenvalue weighted by atomic mass is 9.87. The molecule has 4 nitrogen and oxygen atoms in total. The van der Waals surface area contributed by atoms with Gasteiger partial charge in [-0.2, -0.15) is 0 Å². The van der Waals surface area contributed by atoms with Crippen LogP contribution in [-0.2, 0) is 18.5 Å². The number of nitrogens with zero attached hydrogens (tertiary/aromatic N) is 3. The Morgan fingerprint density at radius 3 is 2.42 bits per heavy atom. The first-order chi connectivity index (χ1) is 12.2. The number of benzene rings is 1. The second-order valence-corrected chi connectivity index (χ2v) is 8.70. The van der Waals surface area contributed by atoms with Crippen molar-refractivity contribution in [1.29, 1.82) is 0 Å². The van der Waals surface area contributed by atoms with Gasteiger partial charge in [-0.3, -0.25) is 14.1 Å². The highest BCUT2D eigenvalue weighted by Gasteiger charge is 2.13. The number of hydrogen-bond donors (Lipinski definition) is 0. The Kier molecular flexibility index (Phi) is 5.30. The molecule has 0 aliphatic heterocycles. The van der Waals surface area contributed by atoms with Crippen LogP contribution in [0.3, 0.4) is 0 Å². The highest BCUT2D eigenvalue weighted by atomic mass is 79.9. The fourth-order valence-electron chi connectivity index (χ4n) is 2.96. The first-order valence-electron chi connectivity index (χ1n) is 8.68. The monoisotopic (exact) mass is 413 g/mol. The summed E-state index contributed by atoms with van der Waals surface area (Å²) in [5.41, 5.74) is 4.14. The number of rotatable bonds is 4. The van der Waals surface area contributed by atoms with Gasteiger partial charge in [0.25, 0.3) is 5.56 Å². The molecule has 0 N–H and O–H groups in total. The van der Waals surface area contributed by atoms with Gasteiger partial charge in [-0.15, -0.1) is 0 Å². The maximum absolute atomic E-state index is 12.3. The third-order valence-electron chi connectivity index (χ3n) is 4.38. The Morgan fingerprint density at radius 2 is 1.77 bits per heavy atom. The van der Waals surface area contributed by atoms with Crippen LogP contribution in [0, 0.1) is 0 Å². The summed E-state index contributed by atoms with van der Waals surface area (Å²) in [5, 5.41) is 0. The fourth-order valence-corrected chi connectivity index (χ4v) is 3.30. The van der Waals surface area contributed by atoms with E-state index < -0.39 is 0 Å². The van der Waals surface area contributed by atoms with Gasteiger partial charge < -0.3 is 0 Å². The number of fused-ring (bicyclic) bond motifs is 1. The highest BCUT2D eigenvalue weighted by molar-refractivity contribution is 9.10. The molecular weight excluding hydrogens is 390 g/mol. The molecule has 0 fully saturated rings. The summed E-state index contributed by atoms with van der Waals surface area (Å²) in [5.74, 6) is 0. The van der Waals surface area contributed by atoms with Crippen LogP contribution in [0.15, 0.2) is 57.9 Å². The first kappa shape index (κ1) is 18.8. The van der Waals surface area contributed by atoms with Gasteiger partial charge in [0.1, 0.15) is 5.65 Å². The van der Waals surface area contributed by atoms with E-state index in [9.17, 15) is 4.79 Å². The maximum Gasteiger partial charge on any atom is 0.258 e. The molecule has 0 amide bonds. The molecule has 3 rings (SSSR count). The molecule has 2 heterocycles. The van der Waals surface area contributed by atoms with Crippen molar-refractivity contribution in [1.82, 2.24) is 14.3 Å². The van der Waals surface area contributed by atoms with E-state index in [0.29, 0.717) is 12.2 Å². The van der Waals surface area contributed by atoms with Crippen LogP contribution in [0.1, 0.15) is 37.6 Å². The predicted octanol–water partition coefficient (Wildman–Crippen LogP) is 4.39. The highest BCUT2D eigenvalue weighted by Crippen LogP contribution is 2.22. The van der Waals surface area contributed by atoms with Gasteiger partial charge in [-0.05, 0) is 51.7 Å². The molecule has 136 valence electrons. The SMILES string of the molecule is CN(Cc1ccc(C(C)(C)C)cc1)Cc1cc(=O)n2cc(Br)ccc2n1. The van der Waals surface area contributed by atoms with Crippen molar-refractivity contribution in [2.45, 2.75) is 39.3 Å². The summed E-state index contributed by atoms with van der Waals surface area (Å²) < 4.78 is 2.41. The van der Waals surface area contributed by atoms with Gasteiger partial charge in [-0.25, -0.2) is 4.98 Å². The second-order valence-electron chi connectivity index (χ2n) is 7.78. The van der Waals surface area contributed by atoms with Crippen molar-refractivity contribution in [3.8, 4) is 0 Å². The minimum atomic E-state index is -0.0609. The summed E-state index contributed by atoms with van der Waals surface area (Å²) in [6.45, 7) is 8.10. The van der Waals surface area contributed by atoms with Crippen molar-refractivity contribution in [2.75, 3.05) is 7.05 Å². The number of pyridine rings is 1. The quantitative estimate of drug-likeness (QED) is 0.636. The molecule has 0 radical (unpaired) electrons. The van der Waals surface area contributed by atoms with Gasteiger partial charge in [0.05, 0.1) is 5.69 Å². The zero-order chi connectivity index (χ0) is 18.9. The predicted molar refractivity (Wildman–Crippen MR) is 109 cm³/mol. The largest absolute Gasteiger partial charge is 0.296 e. The van der Waals surface area contributed by atoms with E-state index in [1.807, 2.05) is 19.2 Å². The van der Waals surface area contributed by atoms with Gasteiger partial charge >= 0.3 is 0 Å². The number of aromatic nitrogens is 2. The average Bonchev–Trinajstić information content (AvgIpc) is 2.55. The van der Waals surface area contributed by atoms with Gasteiger partial charge in [-0.1, -0.05) is 45.0 Å². The molecular formula is C21H24BrN3O. The Bertz CT molecular complexity index is 971. The molecule has 1 aromatic carbocycles. The summed E-state index contributed by atoms with van der Waals surface area (Å²) in [6, 6.07) is 14.1. The molecule has 26 heavy (non-hydrogen) atoms. The molecule has 0 saturated heterocycles. The van der Waals surface area contributed by atoms with Crippen LogP contribution in [0.25, 0.3) is 5.65 Å². The minimum Gasteiger partial charge on any atom is -0.296 e. The minimum absolute atomic E-state index is 0.0609. The molecule has 0 spiro atoms.